The summed E-state index contributed by atoms with van der Waals surface area (Å²) >= 11 is 0. The Bertz CT molecular complexity index is 491. The van der Waals surface area contributed by atoms with Crippen LogP contribution in [0.1, 0.15) is 30.9 Å². The average Bonchev–Trinajstić information content (AvgIpc) is 3.02. The Morgan fingerprint density at radius 3 is 2.75 bits per heavy atom. The molecule has 1 aromatic rings. The summed E-state index contributed by atoms with van der Waals surface area (Å²) in [6, 6.07) is 7.31. The maximum atomic E-state index is 5.52. The Morgan fingerprint density at radius 2 is 2.20 bits per heavy atom. The number of ether oxygens (including phenoxy) is 1. The second-order valence-electron chi connectivity index (χ2n) is 5.61. The van der Waals surface area contributed by atoms with E-state index in [0.717, 1.165) is 27.8 Å². The number of nitrogens with zero attached hydrogens (tertiary/aromatic N) is 2. The fourth-order valence-electron chi connectivity index (χ4n) is 2.93. The Labute approximate surface area is 124 Å². The van der Waals surface area contributed by atoms with E-state index in [-0.39, 0.29) is 5.72 Å². The van der Waals surface area contributed by atoms with Crippen LogP contribution in [0.15, 0.2) is 23.3 Å². The first-order valence-electron chi connectivity index (χ1n) is 7.14. The predicted molar refractivity (Wildman–Crippen MR) is 88.6 cm³/mol. The third-order valence-corrected chi connectivity index (χ3v) is 5.10. The fourth-order valence-corrected chi connectivity index (χ4v) is 3.63. The first kappa shape index (κ1) is 15.5. The molecule has 1 aliphatic rings. The van der Waals surface area contributed by atoms with E-state index in [2.05, 4.69) is 50.5 Å². The molecule has 0 amide bonds. The molecule has 110 valence electrons. The van der Waals surface area contributed by atoms with Crippen LogP contribution in [-0.2, 0) is 11.2 Å². The highest BCUT2D eigenvalue weighted by Crippen LogP contribution is 2.44. The van der Waals surface area contributed by atoms with E-state index in [1.165, 1.54) is 16.4 Å². The monoisotopic (exact) mass is 292 g/mol. The lowest BCUT2D eigenvalue weighted by Crippen LogP contribution is -2.14. The van der Waals surface area contributed by atoms with Crippen molar-refractivity contribution in [3.8, 4) is 0 Å². The van der Waals surface area contributed by atoms with Gasteiger partial charge in [-0.1, -0.05) is 32.3 Å². The van der Waals surface area contributed by atoms with E-state index in [1.54, 1.807) is 7.11 Å². The summed E-state index contributed by atoms with van der Waals surface area (Å²) < 4.78 is 5.52. The lowest BCUT2D eigenvalue weighted by Gasteiger charge is -2.07. The summed E-state index contributed by atoms with van der Waals surface area (Å²) in [6.45, 7) is 10.1. The molecule has 0 spiro atoms. The number of rotatable bonds is 7. The Morgan fingerprint density at radius 1 is 1.45 bits per heavy atom. The molecule has 0 bridgehead atoms. The highest BCUT2D eigenvalue weighted by molar-refractivity contribution is 7.46. The molecule has 0 aliphatic carbocycles. The van der Waals surface area contributed by atoms with Crippen molar-refractivity contribution < 1.29 is 4.74 Å². The second-order valence-corrected chi connectivity index (χ2v) is 6.69. The van der Waals surface area contributed by atoms with Crippen LogP contribution in [0.25, 0.3) is 0 Å². The van der Waals surface area contributed by atoms with Gasteiger partial charge in [0.25, 0.3) is 0 Å². The quantitative estimate of drug-likeness (QED) is 0.438. The van der Waals surface area contributed by atoms with Gasteiger partial charge in [0, 0.05) is 13.8 Å². The summed E-state index contributed by atoms with van der Waals surface area (Å²) in [5.74, 6) is 0. The van der Waals surface area contributed by atoms with Crippen molar-refractivity contribution in [2.24, 2.45) is 5.10 Å². The van der Waals surface area contributed by atoms with Crippen LogP contribution >= 0.6 is 8.58 Å². The van der Waals surface area contributed by atoms with E-state index >= 15 is 0 Å². The molecule has 0 N–H and O–H groups in total. The third-order valence-electron chi connectivity index (χ3n) is 4.24. The van der Waals surface area contributed by atoms with Crippen LogP contribution in [0.4, 0.5) is 0 Å². The van der Waals surface area contributed by atoms with Gasteiger partial charge in [-0.05, 0) is 50.6 Å². The first-order valence-corrected chi connectivity index (χ1v) is 8.64. The number of benzene rings is 1. The molecule has 0 saturated carbocycles. The zero-order valence-corrected chi connectivity index (χ0v) is 13.9. The fraction of sp³-hybridized carbons (Fsp3) is 0.562. The summed E-state index contributed by atoms with van der Waals surface area (Å²) in [5.41, 5.74) is 2.59. The molecule has 2 rings (SSSR count). The molecule has 3 unspecified atom stereocenters. The van der Waals surface area contributed by atoms with Crippen molar-refractivity contribution in [3.63, 3.8) is 0 Å². The zero-order valence-electron chi connectivity index (χ0n) is 12.9. The van der Waals surface area contributed by atoms with E-state index in [9.17, 15) is 0 Å². The SMILES string of the molecule is C=NN1C(CCCc2cc(C)cc(PC)c2)C1(C)OC. The minimum Gasteiger partial charge on any atom is -0.355 e. The summed E-state index contributed by atoms with van der Waals surface area (Å²) in [7, 11) is 2.61. The molecule has 0 radical (unpaired) electrons. The van der Waals surface area contributed by atoms with Crippen LogP contribution in [0.5, 0.6) is 0 Å². The van der Waals surface area contributed by atoms with Gasteiger partial charge >= 0.3 is 0 Å². The molecule has 1 aliphatic heterocycles. The third kappa shape index (κ3) is 3.05. The van der Waals surface area contributed by atoms with Gasteiger partial charge in [-0.2, -0.15) is 5.10 Å². The topological polar surface area (TPSA) is 24.6 Å². The molecule has 1 aromatic carbocycles. The Kier molecular flexibility index (Phi) is 4.82. The minimum absolute atomic E-state index is 0.232. The van der Waals surface area contributed by atoms with Gasteiger partial charge in [0.15, 0.2) is 5.72 Å². The molecular weight excluding hydrogens is 267 g/mol. The predicted octanol–water partition coefficient (Wildman–Crippen LogP) is 2.91. The smallest absolute Gasteiger partial charge is 0.175 e. The molecule has 20 heavy (non-hydrogen) atoms. The van der Waals surface area contributed by atoms with Crippen LogP contribution in [-0.4, -0.2) is 37.3 Å². The van der Waals surface area contributed by atoms with Crippen LogP contribution in [0.3, 0.4) is 0 Å². The van der Waals surface area contributed by atoms with E-state index in [1.807, 2.05) is 5.01 Å². The summed E-state index contributed by atoms with van der Waals surface area (Å²) in [5, 5.41) is 7.45. The standard InChI is InChI=1S/C16H25N2OP/c1-12-9-13(11-14(10-12)20-5)7-6-8-15-16(2,19-4)18(15)17-3/h9-11,15,20H,3,6-8H2,1-2,4-5H3. The van der Waals surface area contributed by atoms with Gasteiger partial charge in [-0.25, -0.2) is 0 Å². The van der Waals surface area contributed by atoms with Crippen LogP contribution < -0.4 is 5.30 Å². The van der Waals surface area contributed by atoms with Crippen molar-refractivity contribution in [1.82, 2.24) is 5.01 Å². The van der Waals surface area contributed by atoms with Gasteiger partial charge in [0.1, 0.15) is 0 Å². The lowest BCUT2D eigenvalue weighted by molar-refractivity contribution is 0.0465. The van der Waals surface area contributed by atoms with Gasteiger partial charge in [-0.3, -0.25) is 5.01 Å². The highest BCUT2D eigenvalue weighted by atomic mass is 31.1. The van der Waals surface area contributed by atoms with E-state index in [4.69, 9.17) is 4.74 Å². The Balaban J connectivity index is 1.88. The number of aryl methyl sites for hydroxylation is 2. The zero-order chi connectivity index (χ0) is 14.8. The summed E-state index contributed by atoms with van der Waals surface area (Å²) in [4.78, 5) is 0. The number of hydrazone groups is 1. The highest BCUT2D eigenvalue weighted by Gasteiger charge is 2.59. The van der Waals surface area contributed by atoms with E-state index in [0.29, 0.717) is 6.04 Å². The molecule has 4 heteroatoms. The maximum absolute atomic E-state index is 5.52. The van der Waals surface area contributed by atoms with Crippen molar-refractivity contribution >= 4 is 20.6 Å². The molecule has 3 atom stereocenters. The van der Waals surface area contributed by atoms with Crippen molar-refractivity contribution in [3.05, 3.63) is 29.3 Å². The van der Waals surface area contributed by atoms with Gasteiger partial charge in [0.05, 0.1) is 6.04 Å². The molecule has 1 heterocycles. The summed E-state index contributed by atoms with van der Waals surface area (Å²) in [6.07, 6.45) is 3.38. The molecular formula is C16H25N2OP. The lowest BCUT2D eigenvalue weighted by atomic mass is 10.0. The van der Waals surface area contributed by atoms with Crippen LogP contribution in [0.2, 0.25) is 0 Å². The Hall–Kier alpha value is -0.920. The molecule has 3 nitrogen and oxygen atoms in total. The first-order chi connectivity index (χ1) is 9.55. The molecule has 1 fully saturated rings. The largest absolute Gasteiger partial charge is 0.355 e. The number of hydrogen-bond acceptors (Lipinski definition) is 3. The number of methoxy groups -OCH3 is 1. The van der Waals surface area contributed by atoms with E-state index < -0.39 is 0 Å². The number of hydrogen-bond donors (Lipinski definition) is 0. The van der Waals surface area contributed by atoms with Gasteiger partial charge < -0.3 is 4.74 Å². The normalized spacial score (nSPS) is 25.4. The second kappa shape index (κ2) is 6.24. The average molecular weight is 292 g/mol. The molecule has 0 aromatic heterocycles. The van der Waals surface area contributed by atoms with Crippen molar-refractivity contribution in [2.45, 2.75) is 44.9 Å². The van der Waals surface area contributed by atoms with Gasteiger partial charge in [0.2, 0.25) is 0 Å². The molecule has 1 saturated heterocycles. The minimum atomic E-state index is -0.232. The van der Waals surface area contributed by atoms with Crippen molar-refractivity contribution in [1.29, 1.82) is 0 Å². The van der Waals surface area contributed by atoms with Crippen molar-refractivity contribution in [2.75, 3.05) is 13.8 Å². The van der Waals surface area contributed by atoms with Crippen LogP contribution in [0, 0.1) is 6.92 Å². The maximum Gasteiger partial charge on any atom is 0.175 e. The van der Waals surface area contributed by atoms with Gasteiger partial charge in [-0.15, -0.1) is 0 Å².